The van der Waals surface area contributed by atoms with Gasteiger partial charge in [0.2, 0.25) is 11.8 Å². The van der Waals surface area contributed by atoms with Crippen LogP contribution in [0.15, 0.2) is 30.3 Å². The number of aliphatic hydroxyl groups is 1. The fourth-order valence-electron chi connectivity index (χ4n) is 7.22. The lowest BCUT2D eigenvalue weighted by atomic mass is 9.83. The monoisotopic (exact) mass is 686 g/mol. The van der Waals surface area contributed by atoms with Crippen LogP contribution in [0.3, 0.4) is 0 Å². The number of benzene rings is 1. The summed E-state index contributed by atoms with van der Waals surface area (Å²) < 4.78 is 0. The number of carbonyl (C=O) groups is 3. The smallest absolute Gasteiger partial charge is 0.318 e. The highest BCUT2D eigenvalue weighted by molar-refractivity contribution is 7.99. The third-order valence-corrected chi connectivity index (χ3v) is 11.6. The Labute approximate surface area is 292 Å². The lowest BCUT2D eigenvalue weighted by molar-refractivity contribution is -0.131. The van der Waals surface area contributed by atoms with E-state index in [1.807, 2.05) is 42.1 Å². The van der Waals surface area contributed by atoms with Gasteiger partial charge in [0.05, 0.1) is 17.5 Å². The molecule has 0 spiro atoms. The molecule has 5 atom stereocenters. The Morgan fingerprint density at radius 1 is 0.917 bits per heavy atom. The maximum Gasteiger partial charge on any atom is 0.318 e. The van der Waals surface area contributed by atoms with Gasteiger partial charge in [-0.05, 0) is 75.1 Å². The van der Waals surface area contributed by atoms with Crippen LogP contribution in [0.5, 0.6) is 0 Å². The van der Waals surface area contributed by atoms with Crippen molar-refractivity contribution in [2.24, 2.45) is 11.7 Å². The van der Waals surface area contributed by atoms with Gasteiger partial charge in [0.1, 0.15) is 12.1 Å². The minimum Gasteiger partial charge on any atom is -0.391 e. The number of amides is 4. The van der Waals surface area contributed by atoms with Crippen LogP contribution < -0.4 is 27.0 Å². The van der Waals surface area contributed by atoms with Gasteiger partial charge in [-0.25, -0.2) is 4.79 Å². The number of carbonyl (C=O) groups excluding carboxylic acids is 3. The molecule has 4 rings (SSSR count). The van der Waals surface area contributed by atoms with E-state index in [2.05, 4.69) is 28.2 Å². The quantitative estimate of drug-likeness (QED) is 0.142. The van der Waals surface area contributed by atoms with E-state index >= 15 is 0 Å². The maximum absolute atomic E-state index is 14.0. The topological polar surface area (TPSA) is 149 Å². The van der Waals surface area contributed by atoms with E-state index in [-0.39, 0.29) is 29.9 Å². The molecule has 1 aromatic rings. The molecule has 7 N–H and O–H groups in total. The Kier molecular flexibility index (Phi) is 16.8. The van der Waals surface area contributed by atoms with E-state index in [9.17, 15) is 19.5 Å². The molecule has 1 saturated carbocycles. The number of nitrogens with zero attached hydrogens (tertiary/aromatic N) is 1. The SMILES string of the molecule is CCCC[C@H](NC(=O)[C@H](Cc1ccccc1)NC(=O)N1CCC(N)CC1)C(=O)N[C@@H](CC1CCCCC1)[C@@H](O)CCSC1CCCCN1. The van der Waals surface area contributed by atoms with Crippen LogP contribution >= 0.6 is 11.8 Å². The number of unbranched alkanes of at least 4 members (excludes halogenated alkanes) is 1. The van der Waals surface area contributed by atoms with Crippen molar-refractivity contribution in [1.82, 2.24) is 26.2 Å². The summed E-state index contributed by atoms with van der Waals surface area (Å²) in [7, 11) is 0. The number of piperidine rings is 2. The summed E-state index contributed by atoms with van der Waals surface area (Å²) in [4.78, 5) is 42.9. The van der Waals surface area contributed by atoms with Crippen LogP contribution in [0.2, 0.25) is 0 Å². The summed E-state index contributed by atoms with van der Waals surface area (Å²) in [6, 6.07) is 7.45. The molecule has 3 aliphatic rings. The van der Waals surface area contributed by atoms with Gasteiger partial charge in [-0.1, -0.05) is 82.2 Å². The molecule has 2 heterocycles. The first kappa shape index (κ1) is 38.5. The average Bonchev–Trinajstić information content (AvgIpc) is 3.11. The van der Waals surface area contributed by atoms with Crippen LogP contribution in [0.1, 0.15) is 109 Å². The molecular weight excluding hydrogens is 625 g/mol. The van der Waals surface area contributed by atoms with Crippen molar-refractivity contribution in [2.45, 2.75) is 145 Å². The largest absolute Gasteiger partial charge is 0.391 e. The number of thioether (sulfide) groups is 1. The van der Waals surface area contributed by atoms with Crippen molar-refractivity contribution in [3.05, 3.63) is 35.9 Å². The summed E-state index contributed by atoms with van der Waals surface area (Å²) in [6.07, 6.45) is 14.1. The molecule has 0 bridgehead atoms. The zero-order chi connectivity index (χ0) is 34.1. The predicted octanol–water partition coefficient (Wildman–Crippen LogP) is 4.44. The second-order valence-electron chi connectivity index (χ2n) is 14.2. The first-order chi connectivity index (χ1) is 23.3. The van der Waals surface area contributed by atoms with Crippen molar-refractivity contribution >= 4 is 29.6 Å². The molecule has 3 fully saturated rings. The Hall–Kier alpha value is -2.34. The zero-order valence-electron chi connectivity index (χ0n) is 29.2. The third-order valence-electron chi connectivity index (χ3n) is 10.3. The lowest BCUT2D eigenvalue weighted by Gasteiger charge is -2.33. The fraction of sp³-hybridized carbons (Fsp3) is 0.757. The number of likely N-dealkylation sites (tertiary alicyclic amines) is 1. The number of hydrogen-bond donors (Lipinski definition) is 6. The molecule has 48 heavy (non-hydrogen) atoms. The molecule has 2 aliphatic heterocycles. The Bertz CT molecular complexity index is 1090. The van der Waals surface area contributed by atoms with Crippen LogP contribution in [-0.4, -0.2) is 88.9 Å². The van der Waals surface area contributed by atoms with E-state index in [1.54, 1.807) is 4.90 Å². The summed E-state index contributed by atoms with van der Waals surface area (Å²) in [6.45, 7) is 4.21. The Morgan fingerprint density at radius 3 is 2.31 bits per heavy atom. The van der Waals surface area contributed by atoms with E-state index in [0.29, 0.717) is 43.6 Å². The number of rotatable bonds is 17. The molecule has 11 heteroatoms. The van der Waals surface area contributed by atoms with Gasteiger partial charge in [0.25, 0.3) is 0 Å². The average molecular weight is 687 g/mol. The highest BCUT2D eigenvalue weighted by Crippen LogP contribution is 2.29. The van der Waals surface area contributed by atoms with Crippen molar-refractivity contribution in [3.63, 3.8) is 0 Å². The standard InChI is InChI=1S/C37H62N6O4S/c1-2-3-16-30(40-36(46)32(26-28-14-8-5-9-15-28)42-37(47)43-22-18-29(38)19-23-43)35(45)41-31(25-27-12-6-4-7-13-27)33(44)20-24-48-34-17-10-11-21-39-34/h5,8-9,14-15,27,29-34,39,44H,2-4,6-7,10-13,16-26,38H2,1H3,(H,40,46)(H,41,45)(H,42,47)/t30-,31-,32-,33-,34?/m0/s1. The molecule has 1 unspecified atom stereocenters. The number of aliphatic hydroxyl groups excluding tert-OH is 1. The van der Waals surface area contributed by atoms with E-state index in [1.165, 1.54) is 32.1 Å². The summed E-state index contributed by atoms with van der Waals surface area (Å²) in [5.41, 5.74) is 6.97. The normalized spacial score (nSPS) is 21.9. The highest BCUT2D eigenvalue weighted by Gasteiger charge is 2.32. The van der Waals surface area contributed by atoms with Gasteiger partial charge < -0.3 is 37.0 Å². The molecule has 270 valence electrons. The second-order valence-corrected chi connectivity index (χ2v) is 15.6. The summed E-state index contributed by atoms with van der Waals surface area (Å²) >= 11 is 1.87. The van der Waals surface area contributed by atoms with Crippen molar-refractivity contribution in [1.29, 1.82) is 0 Å². The molecular formula is C37H62N6O4S. The summed E-state index contributed by atoms with van der Waals surface area (Å²) in [5, 5.41) is 24.7. The van der Waals surface area contributed by atoms with Crippen molar-refractivity contribution in [2.75, 3.05) is 25.4 Å². The molecule has 2 saturated heterocycles. The van der Waals surface area contributed by atoms with Gasteiger partial charge >= 0.3 is 6.03 Å². The number of hydrogen-bond acceptors (Lipinski definition) is 7. The Morgan fingerprint density at radius 2 is 1.62 bits per heavy atom. The van der Waals surface area contributed by atoms with Crippen molar-refractivity contribution in [3.8, 4) is 0 Å². The predicted molar refractivity (Wildman–Crippen MR) is 195 cm³/mol. The number of nitrogens with two attached hydrogens (primary N) is 1. The first-order valence-corrected chi connectivity index (χ1v) is 19.9. The van der Waals surface area contributed by atoms with E-state index < -0.39 is 18.2 Å². The van der Waals surface area contributed by atoms with Crippen LogP contribution in [0.4, 0.5) is 4.79 Å². The Balaban J connectivity index is 1.42. The van der Waals surface area contributed by atoms with Gasteiger partial charge in [-0.3, -0.25) is 9.59 Å². The molecule has 0 aromatic heterocycles. The molecule has 10 nitrogen and oxygen atoms in total. The van der Waals surface area contributed by atoms with E-state index in [0.717, 1.165) is 69.2 Å². The molecule has 1 aliphatic carbocycles. The minimum absolute atomic E-state index is 0.0865. The summed E-state index contributed by atoms with van der Waals surface area (Å²) in [5.74, 6) is 0.672. The molecule has 1 aromatic carbocycles. The lowest BCUT2D eigenvalue weighted by Crippen LogP contribution is -2.58. The molecule has 0 radical (unpaired) electrons. The maximum atomic E-state index is 14.0. The van der Waals surface area contributed by atoms with Crippen LogP contribution in [0, 0.1) is 5.92 Å². The fourth-order valence-corrected chi connectivity index (χ4v) is 8.45. The highest BCUT2D eigenvalue weighted by atomic mass is 32.2. The second kappa shape index (κ2) is 21.0. The first-order valence-electron chi connectivity index (χ1n) is 18.8. The van der Waals surface area contributed by atoms with Crippen LogP contribution in [0.25, 0.3) is 0 Å². The van der Waals surface area contributed by atoms with E-state index in [4.69, 9.17) is 5.73 Å². The number of nitrogens with one attached hydrogen (secondary N) is 4. The minimum atomic E-state index is -0.846. The van der Waals surface area contributed by atoms with Gasteiger partial charge in [0.15, 0.2) is 0 Å². The molecule has 4 amide bonds. The third kappa shape index (κ3) is 13.2. The van der Waals surface area contributed by atoms with Crippen molar-refractivity contribution < 1.29 is 19.5 Å². The van der Waals surface area contributed by atoms with Gasteiger partial charge in [-0.2, -0.15) is 0 Å². The van der Waals surface area contributed by atoms with Crippen LogP contribution in [-0.2, 0) is 16.0 Å². The zero-order valence-corrected chi connectivity index (χ0v) is 30.0. The number of urea groups is 1. The van der Waals surface area contributed by atoms with Gasteiger partial charge in [0, 0.05) is 25.6 Å². The van der Waals surface area contributed by atoms with Gasteiger partial charge in [-0.15, -0.1) is 11.8 Å².